The van der Waals surface area contributed by atoms with Crippen molar-refractivity contribution in [1.82, 2.24) is 15.3 Å². The van der Waals surface area contributed by atoms with Crippen LogP contribution in [0.15, 0.2) is 6.20 Å². The van der Waals surface area contributed by atoms with Gasteiger partial charge in [-0.2, -0.15) is 4.98 Å². The maximum atomic E-state index is 11.8. The highest BCUT2D eigenvalue weighted by Crippen LogP contribution is 2.16. The Hall–Kier alpha value is -1.85. The van der Waals surface area contributed by atoms with E-state index in [1.807, 2.05) is 32.7 Å². The minimum absolute atomic E-state index is 0.0106. The third-order valence-electron chi connectivity index (χ3n) is 2.67. The zero-order valence-electron chi connectivity index (χ0n) is 13.0. The Labute approximate surface area is 121 Å². The molecule has 0 fully saturated rings. The lowest BCUT2D eigenvalue weighted by Crippen LogP contribution is -2.39. The second-order valence-corrected chi connectivity index (χ2v) is 5.21. The number of nitrogens with one attached hydrogen (secondary N) is 2. The van der Waals surface area contributed by atoms with Crippen LogP contribution in [0.25, 0.3) is 0 Å². The molecule has 1 aromatic heterocycles. The van der Waals surface area contributed by atoms with Gasteiger partial charge in [0, 0.05) is 31.4 Å². The summed E-state index contributed by atoms with van der Waals surface area (Å²) in [5, 5.41) is 6.03. The highest BCUT2D eigenvalue weighted by Gasteiger charge is 2.12. The predicted molar refractivity (Wildman–Crippen MR) is 82.1 cm³/mol. The van der Waals surface area contributed by atoms with Gasteiger partial charge in [0.1, 0.15) is 5.82 Å². The van der Waals surface area contributed by atoms with Crippen molar-refractivity contribution in [1.29, 1.82) is 0 Å². The van der Waals surface area contributed by atoms with E-state index in [2.05, 4.69) is 27.5 Å². The van der Waals surface area contributed by atoms with Crippen LogP contribution in [0.3, 0.4) is 0 Å². The van der Waals surface area contributed by atoms with E-state index < -0.39 is 0 Å². The topological polar surface area (TPSA) is 70.2 Å². The molecule has 0 unspecified atom stereocenters. The van der Waals surface area contributed by atoms with Gasteiger partial charge in [0.2, 0.25) is 11.9 Å². The maximum Gasteiger partial charge on any atom is 0.239 e. The average molecular weight is 279 g/mol. The number of carbonyl (C=O) groups is 1. The van der Waals surface area contributed by atoms with Crippen LogP contribution in [0.5, 0.6) is 0 Å². The lowest BCUT2D eigenvalue weighted by molar-refractivity contribution is -0.120. The Balaban J connectivity index is 2.75. The molecule has 0 aliphatic heterocycles. The Morgan fingerprint density at radius 3 is 2.75 bits per heavy atom. The van der Waals surface area contributed by atoms with Crippen molar-refractivity contribution >= 4 is 17.7 Å². The van der Waals surface area contributed by atoms with E-state index >= 15 is 0 Å². The summed E-state index contributed by atoms with van der Waals surface area (Å²) in [4.78, 5) is 22.3. The molecule has 6 nitrogen and oxygen atoms in total. The summed E-state index contributed by atoms with van der Waals surface area (Å²) in [5.74, 6) is 1.37. The summed E-state index contributed by atoms with van der Waals surface area (Å²) in [6.45, 7) is 9.03. The van der Waals surface area contributed by atoms with E-state index in [4.69, 9.17) is 0 Å². The quantitative estimate of drug-likeness (QED) is 0.793. The molecule has 0 bridgehead atoms. The molecule has 0 aliphatic carbocycles. The van der Waals surface area contributed by atoms with Gasteiger partial charge in [-0.3, -0.25) is 4.79 Å². The molecule has 6 heteroatoms. The molecule has 112 valence electrons. The molecule has 0 saturated heterocycles. The lowest BCUT2D eigenvalue weighted by Gasteiger charge is -2.21. The van der Waals surface area contributed by atoms with Crippen molar-refractivity contribution in [2.24, 2.45) is 0 Å². The molecule has 0 aliphatic rings. The van der Waals surface area contributed by atoms with Crippen molar-refractivity contribution in [2.45, 2.75) is 40.2 Å². The summed E-state index contributed by atoms with van der Waals surface area (Å²) in [5.41, 5.74) is 0.951. The minimum atomic E-state index is -0.0106. The molecule has 0 spiro atoms. The summed E-state index contributed by atoms with van der Waals surface area (Å²) in [6.07, 6.45) is 2.79. The van der Waals surface area contributed by atoms with Crippen LogP contribution in [0, 0.1) is 6.92 Å². The zero-order chi connectivity index (χ0) is 15.1. The number of carbonyl (C=O) groups excluding carboxylic acids is 1. The molecule has 0 atom stereocenters. The first-order chi connectivity index (χ1) is 9.43. The van der Waals surface area contributed by atoms with Crippen molar-refractivity contribution in [3.05, 3.63) is 11.8 Å². The fourth-order valence-electron chi connectivity index (χ4n) is 1.80. The van der Waals surface area contributed by atoms with Gasteiger partial charge in [0.25, 0.3) is 0 Å². The highest BCUT2D eigenvalue weighted by molar-refractivity contribution is 5.81. The molecule has 1 rings (SSSR count). The first-order valence-corrected chi connectivity index (χ1v) is 7.02. The number of nitrogens with zero attached hydrogens (tertiary/aromatic N) is 3. The normalized spacial score (nSPS) is 10.5. The molecule has 2 N–H and O–H groups in total. The van der Waals surface area contributed by atoms with E-state index in [0.717, 1.165) is 24.3 Å². The largest absolute Gasteiger partial charge is 0.354 e. The van der Waals surface area contributed by atoms with E-state index in [1.54, 1.807) is 6.20 Å². The van der Waals surface area contributed by atoms with Gasteiger partial charge in [-0.1, -0.05) is 6.92 Å². The third kappa shape index (κ3) is 5.03. The second-order valence-electron chi connectivity index (χ2n) is 5.21. The summed E-state index contributed by atoms with van der Waals surface area (Å²) < 4.78 is 0. The maximum absolute atomic E-state index is 11.8. The summed E-state index contributed by atoms with van der Waals surface area (Å²) in [6, 6.07) is 0.143. The van der Waals surface area contributed by atoms with E-state index in [0.29, 0.717) is 5.95 Å². The molecule has 1 amide bonds. The van der Waals surface area contributed by atoms with Gasteiger partial charge in [-0.05, 0) is 27.2 Å². The number of likely N-dealkylation sites (N-methyl/N-ethyl adjacent to an activating group) is 1. The number of hydrogen-bond donors (Lipinski definition) is 2. The van der Waals surface area contributed by atoms with E-state index in [9.17, 15) is 4.79 Å². The highest BCUT2D eigenvalue weighted by atomic mass is 16.2. The fourth-order valence-corrected chi connectivity index (χ4v) is 1.80. The third-order valence-corrected chi connectivity index (χ3v) is 2.67. The van der Waals surface area contributed by atoms with Crippen LogP contribution in [0.4, 0.5) is 11.8 Å². The van der Waals surface area contributed by atoms with Crippen molar-refractivity contribution < 1.29 is 4.79 Å². The zero-order valence-corrected chi connectivity index (χ0v) is 13.0. The Bertz CT molecular complexity index is 447. The number of amides is 1. The number of anilines is 2. The SMILES string of the molecule is CCCNc1ncc(C)c(N(C)CC(=O)NC(C)C)n1. The number of hydrogen-bond acceptors (Lipinski definition) is 5. The van der Waals surface area contributed by atoms with Crippen LogP contribution in [0.1, 0.15) is 32.8 Å². The van der Waals surface area contributed by atoms with Gasteiger partial charge in [-0.25, -0.2) is 4.98 Å². The van der Waals surface area contributed by atoms with Crippen LogP contribution < -0.4 is 15.5 Å². The van der Waals surface area contributed by atoms with Gasteiger partial charge in [0.05, 0.1) is 6.54 Å². The predicted octanol–water partition coefficient (Wildman–Crippen LogP) is 1.57. The molecule has 1 heterocycles. The number of aryl methyl sites for hydroxylation is 1. The van der Waals surface area contributed by atoms with E-state index in [1.165, 1.54) is 0 Å². The average Bonchev–Trinajstić information content (AvgIpc) is 2.36. The van der Waals surface area contributed by atoms with Gasteiger partial charge in [0.15, 0.2) is 0 Å². The Morgan fingerprint density at radius 1 is 1.45 bits per heavy atom. The molecular weight excluding hydrogens is 254 g/mol. The first kappa shape index (κ1) is 16.2. The van der Waals surface area contributed by atoms with Gasteiger partial charge < -0.3 is 15.5 Å². The Kier molecular flexibility index (Phi) is 6.21. The van der Waals surface area contributed by atoms with Crippen LogP contribution in [-0.2, 0) is 4.79 Å². The minimum Gasteiger partial charge on any atom is -0.354 e. The van der Waals surface area contributed by atoms with Crippen LogP contribution in [-0.4, -0.2) is 42.1 Å². The van der Waals surface area contributed by atoms with Crippen LogP contribution >= 0.6 is 0 Å². The summed E-state index contributed by atoms with van der Waals surface area (Å²) in [7, 11) is 1.86. The number of aromatic nitrogens is 2. The molecule has 20 heavy (non-hydrogen) atoms. The van der Waals surface area contributed by atoms with E-state index in [-0.39, 0.29) is 18.5 Å². The van der Waals surface area contributed by atoms with Gasteiger partial charge in [-0.15, -0.1) is 0 Å². The molecule has 0 radical (unpaired) electrons. The molecule has 0 aromatic carbocycles. The molecule has 0 saturated carbocycles. The molecule has 1 aromatic rings. The van der Waals surface area contributed by atoms with Crippen molar-refractivity contribution in [2.75, 3.05) is 30.4 Å². The first-order valence-electron chi connectivity index (χ1n) is 7.02. The van der Waals surface area contributed by atoms with Crippen LogP contribution in [0.2, 0.25) is 0 Å². The van der Waals surface area contributed by atoms with Gasteiger partial charge >= 0.3 is 0 Å². The monoisotopic (exact) mass is 279 g/mol. The smallest absolute Gasteiger partial charge is 0.239 e. The van der Waals surface area contributed by atoms with Crippen molar-refractivity contribution in [3.8, 4) is 0 Å². The number of rotatable bonds is 7. The van der Waals surface area contributed by atoms with Crippen molar-refractivity contribution in [3.63, 3.8) is 0 Å². The Morgan fingerprint density at radius 2 is 2.15 bits per heavy atom. The second kappa shape index (κ2) is 7.67. The standard InChI is InChI=1S/C14H25N5O/c1-6-7-15-14-16-8-11(4)13(18-14)19(5)9-12(20)17-10(2)3/h8,10H,6-7,9H2,1-5H3,(H,17,20)(H,15,16,18). The fraction of sp³-hybridized carbons (Fsp3) is 0.643. The summed E-state index contributed by atoms with van der Waals surface area (Å²) >= 11 is 0. The molecular formula is C14H25N5O. The lowest BCUT2D eigenvalue weighted by atomic mass is 10.3.